The number of nitrogens with zero attached hydrogens (tertiary/aromatic N) is 2. The zero-order chi connectivity index (χ0) is 16.1. The van der Waals surface area contributed by atoms with Crippen molar-refractivity contribution >= 4 is 23.3 Å². The van der Waals surface area contributed by atoms with E-state index in [1.165, 1.54) is 14.0 Å². The molecule has 0 unspecified atom stereocenters. The Morgan fingerprint density at radius 2 is 2.09 bits per heavy atom. The van der Waals surface area contributed by atoms with E-state index >= 15 is 0 Å². The van der Waals surface area contributed by atoms with Crippen LogP contribution in [0, 0.1) is 0 Å². The minimum absolute atomic E-state index is 0.0180. The van der Waals surface area contributed by atoms with Crippen LogP contribution >= 0.6 is 11.5 Å². The Morgan fingerprint density at radius 3 is 2.73 bits per heavy atom. The topological polar surface area (TPSA) is 78.4 Å². The fraction of sp³-hybridized carbons (Fsp3) is 0.333. The first-order valence-electron chi connectivity index (χ1n) is 6.73. The highest BCUT2D eigenvalue weighted by molar-refractivity contribution is 7.07. The number of rotatable bonds is 6. The second-order valence-electron chi connectivity index (χ2n) is 4.56. The Bertz CT molecular complexity index is 697. The summed E-state index contributed by atoms with van der Waals surface area (Å²) in [5.41, 5.74) is 1.80. The van der Waals surface area contributed by atoms with Gasteiger partial charge in [0.15, 0.2) is 10.7 Å². The first-order valence-corrected chi connectivity index (χ1v) is 7.50. The number of ketones is 1. The highest BCUT2D eigenvalue weighted by Crippen LogP contribution is 2.22. The quantitative estimate of drug-likeness (QED) is 0.601. The Balaban J connectivity index is 2.15. The second kappa shape index (κ2) is 7.13. The summed E-state index contributed by atoms with van der Waals surface area (Å²) in [5, 5.41) is 3.88. The lowest BCUT2D eigenvalue weighted by atomic mass is 10.1. The summed E-state index contributed by atoms with van der Waals surface area (Å²) in [4.78, 5) is 23.9. The van der Waals surface area contributed by atoms with Crippen LogP contribution in [0.1, 0.15) is 45.1 Å². The van der Waals surface area contributed by atoms with Crippen molar-refractivity contribution in [1.29, 1.82) is 0 Å². The molecule has 0 N–H and O–H groups in total. The lowest BCUT2D eigenvalue weighted by Crippen LogP contribution is -2.07. The van der Waals surface area contributed by atoms with Crippen LogP contribution in [0.15, 0.2) is 18.2 Å². The van der Waals surface area contributed by atoms with E-state index in [1.54, 1.807) is 18.2 Å². The van der Waals surface area contributed by atoms with Gasteiger partial charge in [0.25, 0.3) is 0 Å². The highest BCUT2D eigenvalue weighted by atomic mass is 32.1. The Morgan fingerprint density at radius 1 is 1.32 bits per heavy atom. The summed E-state index contributed by atoms with van der Waals surface area (Å²) < 4.78 is 14.3. The number of methoxy groups -OCH3 is 1. The molecule has 0 aliphatic carbocycles. The van der Waals surface area contributed by atoms with E-state index < -0.39 is 5.97 Å². The maximum absolute atomic E-state index is 12.1. The maximum Gasteiger partial charge on any atom is 0.352 e. The number of benzene rings is 1. The van der Waals surface area contributed by atoms with Gasteiger partial charge in [0.05, 0.1) is 12.8 Å². The van der Waals surface area contributed by atoms with Gasteiger partial charge in [-0.2, -0.15) is 0 Å². The van der Waals surface area contributed by atoms with Crippen LogP contribution in [-0.2, 0) is 17.8 Å². The van der Waals surface area contributed by atoms with Crippen molar-refractivity contribution in [2.75, 3.05) is 7.11 Å². The number of aromatic nitrogens is 2. The molecule has 0 aliphatic heterocycles. The molecule has 1 heterocycles. The zero-order valence-electron chi connectivity index (χ0n) is 12.6. The largest absolute Gasteiger partial charge is 0.496 e. The molecule has 2 aromatic rings. The molecule has 1 aromatic heterocycles. The van der Waals surface area contributed by atoms with E-state index in [0.29, 0.717) is 33.9 Å². The predicted molar refractivity (Wildman–Crippen MR) is 81.4 cm³/mol. The minimum Gasteiger partial charge on any atom is -0.496 e. The van der Waals surface area contributed by atoms with Crippen LogP contribution in [0.2, 0.25) is 0 Å². The average Bonchev–Trinajstić information content (AvgIpc) is 3.00. The van der Waals surface area contributed by atoms with E-state index in [2.05, 4.69) is 9.59 Å². The van der Waals surface area contributed by atoms with Gasteiger partial charge >= 0.3 is 5.97 Å². The summed E-state index contributed by atoms with van der Waals surface area (Å²) in [7, 11) is 1.52. The highest BCUT2D eigenvalue weighted by Gasteiger charge is 2.17. The zero-order valence-corrected chi connectivity index (χ0v) is 13.4. The molecule has 0 saturated heterocycles. The SMILES string of the molecule is CCc1nnsc1C(=O)OCc1cc(C(C)=O)ccc1OC. The van der Waals surface area contributed by atoms with Crippen molar-refractivity contribution in [3.05, 3.63) is 39.9 Å². The van der Waals surface area contributed by atoms with Gasteiger partial charge in [-0.1, -0.05) is 11.4 Å². The number of carbonyl (C=O) groups excluding carboxylic acids is 2. The monoisotopic (exact) mass is 320 g/mol. The molecule has 0 spiro atoms. The van der Waals surface area contributed by atoms with Crippen LogP contribution in [0.5, 0.6) is 5.75 Å². The fourth-order valence-electron chi connectivity index (χ4n) is 1.91. The molecule has 7 heteroatoms. The minimum atomic E-state index is -0.470. The molecule has 0 aliphatic rings. The lowest BCUT2D eigenvalue weighted by molar-refractivity contribution is 0.0474. The first-order chi connectivity index (χ1) is 10.6. The van der Waals surface area contributed by atoms with Crippen molar-refractivity contribution in [2.24, 2.45) is 0 Å². The summed E-state index contributed by atoms with van der Waals surface area (Å²) in [6.45, 7) is 3.39. The van der Waals surface area contributed by atoms with E-state index in [9.17, 15) is 9.59 Å². The summed E-state index contributed by atoms with van der Waals surface area (Å²) in [6, 6.07) is 5.03. The van der Waals surface area contributed by atoms with Gasteiger partial charge in [-0.25, -0.2) is 4.79 Å². The second-order valence-corrected chi connectivity index (χ2v) is 5.32. The molecule has 0 amide bonds. The van der Waals surface area contributed by atoms with Crippen LogP contribution in [0.4, 0.5) is 0 Å². The van der Waals surface area contributed by atoms with Gasteiger partial charge in [-0.05, 0) is 43.1 Å². The number of Topliss-reactive ketones (excluding diaryl/α,β-unsaturated/α-hetero) is 1. The van der Waals surface area contributed by atoms with Gasteiger partial charge in [0, 0.05) is 11.1 Å². The molecule has 2 rings (SSSR count). The smallest absolute Gasteiger partial charge is 0.352 e. The first kappa shape index (κ1) is 16.1. The molecular weight excluding hydrogens is 304 g/mol. The third-order valence-corrected chi connectivity index (χ3v) is 3.87. The number of aryl methyl sites for hydroxylation is 1. The Hall–Kier alpha value is -2.28. The normalized spacial score (nSPS) is 10.3. The van der Waals surface area contributed by atoms with Crippen LogP contribution in [0.25, 0.3) is 0 Å². The molecule has 22 heavy (non-hydrogen) atoms. The van der Waals surface area contributed by atoms with Gasteiger partial charge < -0.3 is 9.47 Å². The van der Waals surface area contributed by atoms with Gasteiger partial charge in [-0.3, -0.25) is 4.79 Å². The van der Waals surface area contributed by atoms with Gasteiger partial charge in [0.2, 0.25) is 0 Å². The Kier molecular flexibility index (Phi) is 5.21. The molecule has 0 atom stereocenters. The third kappa shape index (κ3) is 3.48. The molecule has 0 saturated carbocycles. The molecule has 0 radical (unpaired) electrons. The lowest BCUT2D eigenvalue weighted by Gasteiger charge is -2.10. The van der Waals surface area contributed by atoms with Crippen molar-refractivity contribution in [2.45, 2.75) is 26.9 Å². The van der Waals surface area contributed by atoms with Gasteiger partial charge in [-0.15, -0.1) is 5.10 Å². The van der Waals surface area contributed by atoms with Crippen LogP contribution in [-0.4, -0.2) is 28.4 Å². The van der Waals surface area contributed by atoms with E-state index in [4.69, 9.17) is 9.47 Å². The van der Waals surface area contributed by atoms with E-state index in [0.717, 1.165) is 11.5 Å². The summed E-state index contributed by atoms with van der Waals surface area (Å²) in [5.74, 6) is 0.0354. The predicted octanol–water partition coefficient (Wildman–Crippen LogP) is 2.67. The number of ether oxygens (including phenoxy) is 2. The third-order valence-electron chi connectivity index (χ3n) is 3.12. The maximum atomic E-state index is 12.1. The average molecular weight is 320 g/mol. The number of esters is 1. The van der Waals surface area contributed by atoms with Crippen molar-refractivity contribution in [3.63, 3.8) is 0 Å². The number of hydrogen-bond acceptors (Lipinski definition) is 7. The van der Waals surface area contributed by atoms with Crippen LogP contribution in [0.3, 0.4) is 0 Å². The number of carbonyl (C=O) groups is 2. The molecule has 1 aromatic carbocycles. The summed E-state index contributed by atoms with van der Waals surface area (Å²) >= 11 is 1.01. The summed E-state index contributed by atoms with van der Waals surface area (Å²) in [6.07, 6.45) is 0.615. The van der Waals surface area contributed by atoms with Crippen molar-refractivity contribution in [1.82, 2.24) is 9.59 Å². The fourth-order valence-corrected chi connectivity index (χ4v) is 2.56. The molecule has 0 fully saturated rings. The number of hydrogen-bond donors (Lipinski definition) is 0. The molecule has 116 valence electrons. The standard InChI is InChI=1S/C15H16N2O4S/c1-4-12-14(22-17-16-12)15(19)21-8-11-7-10(9(2)18)5-6-13(11)20-3/h5-7H,4,8H2,1-3H3. The van der Waals surface area contributed by atoms with Crippen molar-refractivity contribution in [3.8, 4) is 5.75 Å². The molecular formula is C15H16N2O4S. The van der Waals surface area contributed by atoms with Gasteiger partial charge in [0.1, 0.15) is 12.4 Å². The van der Waals surface area contributed by atoms with Crippen LogP contribution < -0.4 is 4.74 Å². The van der Waals surface area contributed by atoms with E-state index in [1.807, 2.05) is 6.92 Å². The Labute approximate surface area is 132 Å². The molecule has 0 bridgehead atoms. The molecule has 6 nitrogen and oxygen atoms in total. The van der Waals surface area contributed by atoms with E-state index in [-0.39, 0.29) is 12.4 Å². The van der Waals surface area contributed by atoms with Crippen molar-refractivity contribution < 1.29 is 19.1 Å².